The van der Waals surface area contributed by atoms with Crippen LogP contribution in [0.25, 0.3) is 0 Å². The van der Waals surface area contributed by atoms with E-state index in [1.165, 1.54) is 4.90 Å². The maximum absolute atomic E-state index is 13.2. The van der Waals surface area contributed by atoms with Crippen molar-refractivity contribution in [1.29, 1.82) is 0 Å². The van der Waals surface area contributed by atoms with Gasteiger partial charge in [-0.2, -0.15) is 0 Å². The van der Waals surface area contributed by atoms with Crippen LogP contribution in [0.3, 0.4) is 0 Å². The third-order valence-corrected chi connectivity index (χ3v) is 5.84. The fraction of sp³-hybridized carbons (Fsp3) is 0.391. The molecule has 0 spiro atoms. The maximum atomic E-state index is 13.2. The van der Waals surface area contributed by atoms with Crippen LogP contribution in [0.2, 0.25) is 10.0 Å². The second-order valence-electron chi connectivity index (χ2n) is 7.54. The van der Waals surface area contributed by atoms with Gasteiger partial charge in [-0.1, -0.05) is 62.2 Å². The van der Waals surface area contributed by atoms with Crippen LogP contribution < -0.4 is 10.1 Å². The zero-order chi connectivity index (χ0) is 23.0. The van der Waals surface area contributed by atoms with Crippen LogP contribution in [0.1, 0.15) is 32.8 Å². The SMILES string of the molecule is CCC(C(=O)NCC(C)C)N(Cc1ccccc1Cl)C(=O)COc1ccc(Cl)cc1Br. The molecule has 2 aromatic carbocycles. The number of amides is 2. The molecular formula is C23H27BrCl2N2O3. The highest BCUT2D eigenvalue weighted by Crippen LogP contribution is 2.28. The lowest BCUT2D eigenvalue weighted by Gasteiger charge is -2.31. The molecule has 0 aliphatic carbocycles. The summed E-state index contributed by atoms with van der Waals surface area (Å²) in [5, 5.41) is 4.02. The van der Waals surface area contributed by atoms with Gasteiger partial charge in [-0.05, 0) is 58.1 Å². The van der Waals surface area contributed by atoms with Gasteiger partial charge in [-0.15, -0.1) is 0 Å². The van der Waals surface area contributed by atoms with Crippen LogP contribution >= 0.6 is 39.1 Å². The van der Waals surface area contributed by atoms with E-state index in [4.69, 9.17) is 27.9 Å². The first-order valence-corrected chi connectivity index (χ1v) is 11.7. The molecule has 0 saturated carbocycles. The van der Waals surface area contributed by atoms with Crippen molar-refractivity contribution in [2.75, 3.05) is 13.2 Å². The predicted octanol–water partition coefficient (Wildman–Crippen LogP) is 5.71. The Morgan fingerprint density at radius 1 is 1.16 bits per heavy atom. The van der Waals surface area contributed by atoms with Crippen LogP contribution in [0.15, 0.2) is 46.9 Å². The third kappa shape index (κ3) is 7.70. The molecule has 0 aliphatic heterocycles. The van der Waals surface area contributed by atoms with Gasteiger partial charge in [0.1, 0.15) is 11.8 Å². The van der Waals surface area contributed by atoms with Gasteiger partial charge in [0.2, 0.25) is 5.91 Å². The number of carbonyl (C=O) groups is 2. The highest BCUT2D eigenvalue weighted by Gasteiger charge is 2.29. The molecule has 0 aliphatic rings. The number of hydrogen-bond acceptors (Lipinski definition) is 3. The van der Waals surface area contributed by atoms with E-state index >= 15 is 0 Å². The summed E-state index contributed by atoms with van der Waals surface area (Å²) in [5.74, 6) is 0.296. The van der Waals surface area contributed by atoms with Gasteiger partial charge in [-0.3, -0.25) is 9.59 Å². The first-order valence-electron chi connectivity index (χ1n) is 10.1. The molecule has 0 fully saturated rings. The molecule has 5 nitrogen and oxygen atoms in total. The molecule has 168 valence electrons. The summed E-state index contributed by atoms with van der Waals surface area (Å²) in [6.07, 6.45) is 0.463. The number of nitrogens with one attached hydrogen (secondary N) is 1. The van der Waals surface area contributed by atoms with Gasteiger partial charge in [-0.25, -0.2) is 0 Å². The van der Waals surface area contributed by atoms with Gasteiger partial charge in [0.25, 0.3) is 5.91 Å². The Morgan fingerprint density at radius 2 is 1.87 bits per heavy atom. The molecule has 2 aromatic rings. The summed E-state index contributed by atoms with van der Waals surface area (Å²) in [4.78, 5) is 27.6. The number of carbonyl (C=O) groups excluding carboxylic acids is 2. The van der Waals surface area contributed by atoms with Crippen LogP contribution in [0, 0.1) is 5.92 Å². The predicted molar refractivity (Wildman–Crippen MR) is 129 cm³/mol. The molecule has 0 radical (unpaired) electrons. The van der Waals surface area contributed by atoms with Crippen molar-refractivity contribution in [2.24, 2.45) is 5.92 Å². The van der Waals surface area contributed by atoms with Crippen molar-refractivity contribution in [2.45, 2.75) is 39.8 Å². The molecule has 1 N–H and O–H groups in total. The van der Waals surface area contributed by atoms with E-state index < -0.39 is 6.04 Å². The van der Waals surface area contributed by atoms with Crippen molar-refractivity contribution in [3.8, 4) is 5.75 Å². The molecule has 2 amide bonds. The Labute approximate surface area is 202 Å². The average Bonchev–Trinajstić information content (AvgIpc) is 2.72. The minimum absolute atomic E-state index is 0.190. The number of rotatable bonds is 10. The van der Waals surface area contributed by atoms with E-state index in [1.807, 2.05) is 39.0 Å². The van der Waals surface area contributed by atoms with E-state index in [1.54, 1.807) is 24.3 Å². The van der Waals surface area contributed by atoms with E-state index in [9.17, 15) is 9.59 Å². The monoisotopic (exact) mass is 528 g/mol. The topological polar surface area (TPSA) is 58.6 Å². The lowest BCUT2D eigenvalue weighted by molar-refractivity contribution is -0.143. The Kier molecular flexibility index (Phi) is 10.1. The Hall–Kier alpha value is -1.76. The number of hydrogen-bond donors (Lipinski definition) is 1. The smallest absolute Gasteiger partial charge is 0.261 e. The van der Waals surface area contributed by atoms with Crippen molar-refractivity contribution >= 4 is 50.9 Å². The lowest BCUT2D eigenvalue weighted by atomic mass is 10.1. The van der Waals surface area contributed by atoms with Crippen molar-refractivity contribution in [3.63, 3.8) is 0 Å². The maximum Gasteiger partial charge on any atom is 0.261 e. The van der Waals surface area contributed by atoms with Crippen LogP contribution in [0.5, 0.6) is 5.75 Å². The van der Waals surface area contributed by atoms with Gasteiger partial charge in [0.05, 0.1) is 4.47 Å². The molecular weight excluding hydrogens is 503 g/mol. The van der Waals surface area contributed by atoms with Crippen LogP contribution in [-0.4, -0.2) is 35.9 Å². The van der Waals surface area contributed by atoms with Crippen molar-refractivity contribution < 1.29 is 14.3 Å². The molecule has 1 unspecified atom stereocenters. The summed E-state index contributed by atoms with van der Waals surface area (Å²) in [6, 6.07) is 11.7. The third-order valence-electron chi connectivity index (χ3n) is 4.61. The molecule has 0 saturated heterocycles. The fourth-order valence-corrected chi connectivity index (χ4v) is 3.96. The highest BCUT2D eigenvalue weighted by molar-refractivity contribution is 9.10. The normalized spacial score (nSPS) is 11.8. The van der Waals surface area contributed by atoms with E-state index in [2.05, 4.69) is 21.2 Å². The summed E-state index contributed by atoms with van der Waals surface area (Å²) < 4.78 is 6.36. The standard InChI is InChI=1S/C23H27BrCl2N2O3/c1-4-20(23(30)27-12-15(2)3)28(13-16-7-5-6-8-19(16)26)22(29)14-31-21-10-9-17(25)11-18(21)24/h5-11,15,20H,4,12-14H2,1-3H3,(H,27,30). The molecule has 0 aromatic heterocycles. The lowest BCUT2D eigenvalue weighted by Crippen LogP contribution is -2.50. The largest absolute Gasteiger partial charge is 0.483 e. The number of ether oxygens (including phenoxy) is 1. The van der Waals surface area contributed by atoms with Crippen molar-refractivity contribution in [1.82, 2.24) is 10.2 Å². The molecule has 8 heteroatoms. The fourth-order valence-electron chi connectivity index (χ4n) is 2.97. The van der Waals surface area contributed by atoms with Crippen LogP contribution in [0.4, 0.5) is 0 Å². The van der Waals surface area contributed by atoms with Crippen molar-refractivity contribution in [3.05, 3.63) is 62.5 Å². The van der Waals surface area contributed by atoms with E-state index in [0.717, 1.165) is 5.56 Å². The van der Waals surface area contributed by atoms with Crippen LogP contribution in [-0.2, 0) is 16.1 Å². The quantitative estimate of drug-likeness (QED) is 0.428. The zero-order valence-corrected chi connectivity index (χ0v) is 20.9. The van der Waals surface area contributed by atoms with Gasteiger partial charge < -0.3 is 15.0 Å². The zero-order valence-electron chi connectivity index (χ0n) is 17.8. The first kappa shape index (κ1) is 25.5. The second-order valence-corrected chi connectivity index (χ2v) is 9.24. The van der Waals surface area contributed by atoms with E-state index in [0.29, 0.717) is 39.2 Å². The minimum Gasteiger partial charge on any atom is -0.483 e. The summed E-state index contributed by atoms with van der Waals surface area (Å²) in [5.41, 5.74) is 0.764. The number of halogens is 3. The average molecular weight is 530 g/mol. The van der Waals surface area contributed by atoms with E-state index in [-0.39, 0.29) is 25.0 Å². The molecule has 1 atom stereocenters. The summed E-state index contributed by atoms with van der Waals surface area (Å²) >= 11 is 15.7. The minimum atomic E-state index is -0.639. The van der Waals surface area contributed by atoms with Gasteiger partial charge >= 0.3 is 0 Å². The Balaban J connectivity index is 2.23. The van der Waals surface area contributed by atoms with Gasteiger partial charge in [0.15, 0.2) is 6.61 Å². The Morgan fingerprint density at radius 3 is 2.48 bits per heavy atom. The molecule has 0 heterocycles. The number of nitrogens with zero attached hydrogens (tertiary/aromatic N) is 1. The second kappa shape index (κ2) is 12.3. The first-order chi connectivity index (χ1) is 14.7. The molecule has 31 heavy (non-hydrogen) atoms. The molecule has 0 bridgehead atoms. The summed E-state index contributed by atoms with van der Waals surface area (Å²) in [7, 11) is 0. The highest BCUT2D eigenvalue weighted by atomic mass is 79.9. The number of benzene rings is 2. The molecule has 2 rings (SSSR count). The summed E-state index contributed by atoms with van der Waals surface area (Å²) in [6.45, 7) is 6.44. The van der Waals surface area contributed by atoms with Gasteiger partial charge in [0, 0.05) is 23.1 Å². The Bertz CT molecular complexity index is 908.